The summed E-state index contributed by atoms with van der Waals surface area (Å²) in [6.45, 7) is 6.49. The van der Waals surface area contributed by atoms with E-state index in [1.54, 1.807) is 11.3 Å². The SMILES string of the molecule is CC(CNC1CCN(Cc2ccc(C#N)cc2)CC1)c1nccs1. The van der Waals surface area contributed by atoms with Crippen molar-refractivity contribution < 1.29 is 0 Å². The summed E-state index contributed by atoms with van der Waals surface area (Å²) < 4.78 is 0. The second-order valence-corrected chi connectivity index (χ2v) is 7.46. The molecule has 4 nitrogen and oxygen atoms in total. The van der Waals surface area contributed by atoms with Gasteiger partial charge in [-0.1, -0.05) is 19.1 Å². The predicted molar refractivity (Wildman–Crippen MR) is 98.0 cm³/mol. The molecular formula is C19H24N4S. The minimum Gasteiger partial charge on any atom is -0.313 e. The monoisotopic (exact) mass is 340 g/mol. The van der Waals surface area contributed by atoms with Crippen molar-refractivity contribution in [1.29, 1.82) is 5.26 Å². The predicted octanol–water partition coefficient (Wildman–Crippen LogP) is 3.37. The zero-order valence-electron chi connectivity index (χ0n) is 14.1. The Morgan fingerprint density at radius 2 is 2.08 bits per heavy atom. The third-order valence-corrected chi connectivity index (χ3v) is 5.67. The Bertz CT molecular complexity index is 652. The number of rotatable bonds is 6. The van der Waals surface area contributed by atoms with E-state index < -0.39 is 0 Å². The van der Waals surface area contributed by atoms with Crippen molar-refractivity contribution in [3.8, 4) is 6.07 Å². The number of piperidine rings is 1. The van der Waals surface area contributed by atoms with Gasteiger partial charge in [0, 0.05) is 36.6 Å². The van der Waals surface area contributed by atoms with Crippen LogP contribution in [0.2, 0.25) is 0 Å². The van der Waals surface area contributed by atoms with E-state index in [2.05, 4.69) is 40.3 Å². The van der Waals surface area contributed by atoms with Crippen LogP contribution >= 0.6 is 11.3 Å². The van der Waals surface area contributed by atoms with Gasteiger partial charge in [-0.25, -0.2) is 4.98 Å². The van der Waals surface area contributed by atoms with Crippen LogP contribution in [0.3, 0.4) is 0 Å². The molecule has 0 saturated carbocycles. The summed E-state index contributed by atoms with van der Waals surface area (Å²) in [4.78, 5) is 6.91. The Balaban J connectivity index is 1.40. The fourth-order valence-electron chi connectivity index (χ4n) is 3.15. The maximum absolute atomic E-state index is 8.86. The van der Waals surface area contributed by atoms with Gasteiger partial charge in [-0.2, -0.15) is 5.26 Å². The van der Waals surface area contributed by atoms with Gasteiger partial charge >= 0.3 is 0 Å². The average molecular weight is 340 g/mol. The van der Waals surface area contributed by atoms with Gasteiger partial charge in [0.2, 0.25) is 0 Å². The second kappa shape index (κ2) is 8.39. The topological polar surface area (TPSA) is 52.0 Å². The Kier molecular flexibility index (Phi) is 5.97. The van der Waals surface area contributed by atoms with Crippen LogP contribution in [0, 0.1) is 11.3 Å². The maximum Gasteiger partial charge on any atom is 0.0991 e. The van der Waals surface area contributed by atoms with E-state index >= 15 is 0 Å². The van der Waals surface area contributed by atoms with Crippen molar-refractivity contribution in [3.63, 3.8) is 0 Å². The molecule has 126 valence electrons. The molecule has 1 saturated heterocycles. The van der Waals surface area contributed by atoms with Crippen molar-refractivity contribution in [2.24, 2.45) is 0 Å². The number of thiazole rings is 1. The van der Waals surface area contributed by atoms with Crippen molar-refractivity contribution >= 4 is 11.3 Å². The highest BCUT2D eigenvalue weighted by atomic mass is 32.1. The average Bonchev–Trinajstić information content (AvgIpc) is 3.16. The summed E-state index contributed by atoms with van der Waals surface area (Å²) in [5, 5.41) is 15.8. The van der Waals surface area contributed by atoms with Crippen LogP contribution in [0.5, 0.6) is 0 Å². The lowest BCUT2D eigenvalue weighted by Gasteiger charge is -2.33. The van der Waals surface area contributed by atoms with E-state index in [1.165, 1.54) is 23.4 Å². The summed E-state index contributed by atoms with van der Waals surface area (Å²) in [6, 6.07) is 10.7. The highest BCUT2D eigenvalue weighted by molar-refractivity contribution is 7.09. The third kappa shape index (κ3) is 4.64. The summed E-state index contributed by atoms with van der Waals surface area (Å²) in [5.41, 5.74) is 2.02. The van der Waals surface area contributed by atoms with Gasteiger partial charge in [0.25, 0.3) is 0 Å². The van der Waals surface area contributed by atoms with E-state index in [9.17, 15) is 0 Å². The Morgan fingerprint density at radius 1 is 1.33 bits per heavy atom. The fraction of sp³-hybridized carbons (Fsp3) is 0.474. The van der Waals surface area contributed by atoms with Gasteiger partial charge in [0.15, 0.2) is 0 Å². The first-order valence-corrected chi connectivity index (χ1v) is 9.46. The molecule has 3 rings (SSSR count). The van der Waals surface area contributed by atoms with Gasteiger partial charge in [0.1, 0.15) is 0 Å². The van der Waals surface area contributed by atoms with Crippen LogP contribution in [0.1, 0.15) is 41.8 Å². The molecule has 1 N–H and O–H groups in total. The largest absolute Gasteiger partial charge is 0.313 e. The van der Waals surface area contributed by atoms with Crippen molar-refractivity contribution in [2.75, 3.05) is 19.6 Å². The van der Waals surface area contributed by atoms with E-state index in [1.807, 2.05) is 23.7 Å². The molecule has 1 unspecified atom stereocenters. The quantitative estimate of drug-likeness (QED) is 0.876. The number of likely N-dealkylation sites (tertiary alicyclic amines) is 1. The van der Waals surface area contributed by atoms with Crippen LogP contribution in [0.25, 0.3) is 0 Å². The molecule has 1 aliphatic heterocycles. The molecule has 24 heavy (non-hydrogen) atoms. The van der Waals surface area contributed by atoms with Gasteiger partial charge in [0.05, 0.1) is 16.6 Å². The normalized spacial score (nSPS) is 17.5. The maximum atomic E-state index is 8.86. The van der Waals surface area contributed by atoms with Gasteiger partial charge in [-0.3, -0.25) is 4.90 Å². The molecule has 2 heterocycles. The molecule has 0 aliphatic carbocycles. The molecule has 1 aromatic heterocycles. The molecule has 0 spiro atoms. The molecular weight excluding hydrogens is 316 g/mol. The first-order chi connectivity index (χ1) is 11.7. The summed E-state index contributed by atoms with van der Waals surface area (Å²) >= 11 is 1.74. The standard InChI is InChI=1S/C19H24N4S/c1-15(19-21-8-11-24-19)13-22-18-6-9-23(10-7-18)14-17-4-2-16(12-20)3-5-17/h2-5,8,11,15,18,22H,6-7,9-10,13-14H2,1H3. The Morgan fingerprint density at radius 3 is 2.71 bits per heavy atom. The zero-order chi connectivity index (χ0) is 16.8. The van der Waals surface area contributed by atoms with Crippen molar-refractivity contribution in [2.45, 2.75) is 38.3 Å². The van der Waals surface area contributed by atoms with Crippen LogP contribution in [-0.4, -0.2) is 35.6 Å². The second-order valence-electron chi connectivity index (χ2n) is 6.54. The highest BCUT2D eigenvalue weighted by Gasteiger charge is 2.20. The van der Waals surface area contributed by atoms with Gasteiger partial charge < -0.3 is 5.32 Å². The number of nitrogens with one attached hydrogen (secondary N) is 1. The minimum atomic E-state index is 0.488. The van der Waals surface area contributed by atoms with Crippen LogP contribution in [-0.2, 0) is 6.54 Å². The molecule has 1 aliphatic rings. The van der Waals surface area contributed by atoms with Gasteiger partial charge in [-0.15, -0.1) is 11.3 Å². The smallest absolute Gasteiger partial charge is 0.0991 e. The van der Waals surface area contributed by atoms with Crippen LogP contribution < -0.4 is 5.32 Å². The van der Waals surface area contributed by atoms with Gasteiger partial charge in [-0.05, 0) is 43.6 Å². The molecule has 2 aromatic rings. The number of hydrogen-bond donors (Lipinski definition) is 1. The summed E-state index contributed by atoms with van der Waals surface area (Å²) in [7, 11) is 0. The molecule has 0 bridgehead atoms. The van der Waals surface area contributed by atoms with Crippen molar-refractivity contribution in [3.05, 3.63) is 52.0 Å². The molecule has 0 amide bonds. The molecule has 5 heteroatoms. The lowest BCUT2D eigenvalue weighted by molar-refractivity contribution is 0.190. The van der Waals surface area contributed by atoms with Crippen LogP contribution in [0.4, 0.5) is 0 Å². The first-order valence-electron chi connectivity index (χ1n) is 8.59. The molecule has 1 fully saturated rings. The lowest BCUT2D eigenvalue weighted by Crippen LogP contribution is -2.43. The van der Waals surface area contributed by atoms with Crippen LogP contribution in [0.15, 0.2) is 35.8 Å². The van der Waals surface area contributed by atoms with E-state index in [-0.39, 0.29) is 0 Å². The van der Waals surface area contributed by atoms with E-state index in [0.717, 1.165) is 31.7 Å². The first kappa shape index (κ1) is 17.1. The minimum absolute atomic E-state index is 0.488. The van der Waals surface area contributed by atoms with E-state index in [0.29, 0.717) is 12.0 Å². The zero-order valence-corrected chi connectivity index (χ0v) is 14.9. The Hall–Kier alpha value is -1.74. The Labute approximate surface area is 148 Å². The lowest BCUT2D eigenvalue weighted by atomic mass is 10.0. The molecule has 1 atom stereocenters. The fourth-order valence-corrected chi connectivity index (χ4v) is 3.85. The summed E-state index contributed by atoms with van der Waals surface area (Å²) in [5.74, 6) is 0.488. The molecule has 1 aromatic carbocycles. The number of benzene rings is 1. The number of nitrogens with zero attached hydrogens (tertiary/aromatic N) is 3. The van der Waals surface area contributed by atoms with Crippen molar-refractivity contribution in [1.82, 2.24) is 15.2 Å². The number of nitriles is 1. The third-order valence-electron chi connectivity index (χ3n) is 4.66. The summed E-state index contributed by atoms with van der Waals surface area (Å²) in [6.07, 6.45) is 4.28. The number of hydrogen-bond acceptors (Lipinski definition) is 5. The highest BCUT2D eigenvalue weighted by Crippen LogP contribution is 2.18. The molecule has 0 radical (unpaired) electrons. The number of aromatic nitrogens is 1. The van der Waals surface area contributed by atoms with E-state index in [4.69, 9.17) is 5.26 Å².